The molecule has 1 N–H and O–H groups in total. The maximum Gasteiger partial charge on any atom is 0.307 e. The Balaban J connectivity index is 1.93. The molecule has 128 valence electrons. The standard InChI is InChI=1S/C18H21ClN2O2S/c1-2-12-5-6-14(20-10-12)17(15-7-8-16(19)24-15)21-9-3-4-13(11-21)18(22)23/h5-8,10,13,17H,2-4,9,11H2,1H3,(H,22,23). The van der Waals surface area contributed by atoms with E-state index in [-0.39, 0.29) is 12.0 Å². The van der Waals surface area contributed by atoms with Crippen molar-refractivity contribution in [2.45, 2.75) is 32.2 Å². The van der Waals surface area contributed by atoms with Crippen molar-refractivity contribution in [3.05, 3.63) is 50.9 Å². The number of halogens is 1. The predicted molar refractivity (Wildman–Crippen MR) is 96.7 cm³/mol. The Hall–Kier alpha value is -1.43. The van der Waals surface area contributed by atoms with Crippen LogP contribution in [0.2, 0.25) is 4.34 Å². The quantitative estimate of drug-likeness (QED) is 0.861. The maximum atomic E-state index is 11.4. The summed E-state index contributed by atoms with van der Waals surface area (Å²) in [5, 5.41) is 9.39. The van der Waals surface area contributed by atoms with Gasteiger partial charge < -0.3 is 5.11 Å². The van der Waals surface area contributed by atoms with E-state index in [1.165, 1.54) is 5.56 Å². The largest absolute Gasteiger partial charge is 0.481 e. The molecular formula is C18H21ClN2O2S. The molecule has 1 fully saturated rings. The minimum absolute atomic E-state index is 0.0319. The SMILES string of the molecule is CCc1ccc(C(c2ccc(Cl)s2)N2CCCC(C(=O)O)C2)nc1. The monoisotopic (exact) mass is 364 g/mol. The van der Waals surface area contributed by atoms with E-state index in [1.54, 1.807) is 11.3 Å². The van der Waals surface area contributed by atoms with Gasteiger partial charge in [0.25, 0.3) is 0 Å². The van der Waals surface area contributed by atoms with E-state index in [0.717, 1.165) is 40.7 Å². The van der Waals surface area contributed by atoms with Crippen LogP contribution in [0.1, 0.15) is 41.9 Å². The summed E-state index contributed by atoms with van der Waals surface area (Å²) in [5.41, 5.74) is 2.15. The van der Waals surface area contributed by atoms with Crippen LogP contribution in [0.5, 0.6) is 0 Å². The fraction of sp³-hybridized carbons (Fsp3) is 0.444. The highest BCUT2D eigenvalue weighted by Crippen LogP contribution is 2.36. The molecule has 1 aliphatic rings. The fourth-order valence-electron chi connectivity index (χ4n) is 3.24. The van der Waals surface area contributed by atoms with E-state index >= 15 is 0 Å². The van der Waals surface area contributed by atoms with E-state index in [1.807, 2.05) is 18.3 Å². The number of thiophene rings is 1. The molecule has 3 rings (SSSR count). The number of hydrogen-bond acceptors (Lipinski definition) is 4. The van der Waals surface area contributed by atoms with Gasteiger partial charge >= 0.3 is 5.97 Å². The minimum Gasteiger partial charge on any atom is -0.481 e. The molecule has 1 aliphatic heterocycles. The predicted octanol–water partition coefficient (Wildman–Crippen LogP) is 4.24. The zero-order chi connectivity index (χ0) is 17.1. The third-order valence-corrected chi connectivity index (χ3v) is 5.85. The zero-order valence-electron chi connectivity index (χ0n) is 13.6. The molecule has 0 amide bonds. The number of aromatic nitrogens is 1. The highest BCUT2D eigenvalue weighted by molar-refractivity contribution is 7.16. The number of carboxylic acid groups (broad SMARTS) is 1. The number of rotatable bonds is 5. The number of likely N-dealkylation sites (tertiary alicyclic amines) is 1. The van der Waals surface area contributed by atoms with Crippen LogP contribution < -0.4 is 0 Å². The molecule has 1 saturated heterocycles. The number of pyridine rings is 1. The van der Waals surface area contributed by atoms with Crippen LogP contribution in [0.3, 0.4) is 0 Å². The van der Waals surface area contributed by atoms with Crippen molar-refractivity contribution in [3.63, 3.8) is 0 Å². The minimum atomic E-state index is -0.711. The second kappa shape index (κ2) is 7.64. The summed E-state index contributed by atoms with van der Waals surface area (Å²) in [7, 11) is 0. The molecule has 4 nitrogen and oxygen atoms in total. The molecule has 0 saturated carbocycles. The Morgan fingerprint density at radius 2 is 2.29 bits per heavy atom. The summed E-state index contributed by atoms with van der Waals surface area (Å²) < 4.78 is 0.743. The van der Waals surface area contributed by atoms with Crippen molar-refractivity contribution in [1.82, 2.24) is 9.88 Å². The lowest BCUT2D eigenvalue weighted by Crippen LogP contribution is -2.41. The summed E-state index contributed by atoms with van der Waals surface area (Å²) in [6.45, 7) is 3.53. The van der Waals surface area contributed by atoms with E-state index < -0.39 is 5.97 Å². The lowest BCUT2D eigenvalue weighted by Gasteiger charge is -2.36. The summed E-state index contributed by atoms with van der Waals surface area (Å²) >= 11 is 7.68. The Morgan fingerprint density at radius 1 is 1.46 bits per heavy atom. The molecule has 3 heterocycles. The van der Waals surface area contributed by atoms with Crippen molar-refractivity contribution in [3.8, 4) is 0 Å². The van der Waals surface area contributed by atoms with E-state index in [2.05, 4.69) is 28.9 Å². The number of carbonyl (C=O) groups is 1. The van der Waals surface area contributed by atoms with Crippen molar-refractivity contribution in [2.75, 3.05) is 13.1 Å². The van der Waals surface area contributed by atoms with Crippen LogP contribution in [-0.4, -0.2) is 34.0 Å². The van der Waals surface area contributed by atoms with Crippen LogP contribution in [0.15, 0.2) is 30.5 Å². The topological polar surface area (TPSA) is 53.4 Å². The third kappa shape index (κ3) is 3.79. The van der Waals surface area contributed by atoms with Gasteiger partial charge in [-0.25, -0.2) is 0 Å². The molecule has 0 bridgehead atoms. The van der Waals surface area contributed by atoms with Crippen LogP contribution in [0.4, 0.5) is 0 Å². The van der Waals surface area contributed by atoms with Crippen LogP contribution >= 0.6 is 22.9 Å². The molecule has 2 atom stereocenters. The van der Waals surface area contributed by atoms with Crippen molar-refractivity contribution in [1.29, 1.82) is 0 Å². The summed E-state index contributed by atoms with van der Waals surface area (Å²) in [5.74, 6) is -1.02. The number of aryl methyl sites for hydroxylation is 1. The third-order valence-electron chi connectivity index (χ3n) is 4.57. The molecular weight excluding hydrogens is 344 g/mol. The first-order valence-electron chi connectivity index (χ1n) is 8.25. The number of hydrogen-bond donors (Lipinski definition) is 1. The number of nitrogens with zero attached hydrogens (tertiary/aromatic N) is 2. The van der Waals surface area contributed by atoms with Gasteiger partial charge in [0.15, 0.2) is 0 Å². The average Bonchev–Trinajstić information content (AvgIpc) is 3.02. The van der Waals surface area contributed by atoms with Crippen LogP contribution in [0, 0.1) is 5.92 Å². The number of aliphatic carboxylic acids is 1. The fourth-order valence-corrected chi connectivity index (χ4v) is 4.45. The van der Waals surface area contributed by atoms with Gasteiger partial charge in [0.05, 0.1) is 22.0 Å². The lowest BCUT2D eigenvalue weighted by molar-refractivity contribution is -0.143. The van der Waals surface area contributed by atoms with Gasteiger partial charge in [0, 0.05) is 17.6 Å². The summed E-state index contributed by atoms with van der Waals surface area (Å²) in [4.78, 5) is 19.4. The molecule has 2 unspecified atom stereocenters. The van der Waals surface area contributed by atoms with Gasteiger partial charge in [-0.05, 0) is 49.6 Å². The van der Waals surface area contributed by atoms with Gasteiger partial charge in [-0.2, -0.15) is 0 Å². The molecule has 2 aromatic rings. The summed E-state index contributed by atoms with van der Waals surface area (Å²) in [6.07, 6.45) is 4.50. The maximum absolute atomic E-state index is 11.4. The van der Waals surface area contributed by atoms with Gasteiger partial charge in [-0.1, -0.05) is 24.6 Å². The van der Waals surface area contributed by atoms with Crippen molar-refractivity contribution in [2.24, 2.45) is 5.92 Å². The number of piperidine rings is 1. The first-order valence-corrected chi connectivity index (χ1v) is 9.45. The number of carboxylic acids is 1. The van der Waals surface area contributed by atoms with E-state index in [4.69, 9.17) is 11.6 Å². The zero-order valence-corrected chi connectivity index (χ0v) is 15.2. The Bertz CT molecular complexity index is 701. The van der Waals surface area contributed by atoms with Gasteiger partial charge in [0.2, 0.25) is 0 Å². The Kier molecular flexibility index (Phi) is 5.54. The van der Waals surface area contributed by atoms with Crippen LogP contribution in [-0.2, 0) is 11.2 Å². The van der Waals surface area contributed by atoms with E-state index in [0.29, 0.717) is 6.54 Å². The second-order valence-electron chi connectivity index (χ2n) is 6.16. The molecule has 24 heavy (non-hydrogen) atoms. The van der Waals surface area contributed by atoms with Crippen LogP contribution in [0.25, 0.3) is 0 Å². The molecule has 0 spiro atoms. The molecule has 0 aliphatic carbocycles. The first kappa shape index (κ1) is 17.4. The van der Waals surface area contributed by atoms with Crippen molar-refractivity contribution >= 4 is 28.9 Å². The highest BCUT2D eigenvalue weighted by Gasteiger charge is 2.32. The average molecular weight is 365 g/mol. The highest BCUT2D eigenvalue weighted by atomic mass is 35.5. The van der Waals surface area contributed by atoms with E-state index in [9.17, 15) is 9.90 Å². The van der Waals surface area contributed by atoms with Gasteiger partial charge in [-0.15, -0.1) is 11.3 Å². The molecule has 0 aromatic carbocycles. The Labute approximate surface area is 151 Å². The first-order chi connectivity index (χ1) is 11.6. The second-order valence-corrected chi connectivity index (χ2v) is 7.91. The Morgan fingerprint density at radius 3 is 2.88 bits per heavy atom. The molecule has 2 aromatic heterocycles. The van der Waals surface area contributed by atoms with Gasteiger partial charge in [0.1, 0.15) is 0 Å². The normalized spacial score (nSPS) is 20.0. The van der Waals surface area contributed by atoms with Gasteiger partial charge in [-0.3, -0.25) is 14.7 Å². The van der Waals surface area contributed by atoms with Crippen molar-refractivity contribution < 1.29 is 9.90 Å². The lowest BCUT2D eigenvalue weighted by atomic mass is 9.95. The summed E-state index contributed by atoms with van der Waals surface area (Å²) in [6, 6.07) is 8.05. The smallest absolute Gasteiger partial charge is 0.307 e. The molecule has 0 radical (unpaired) electrons. The molecule has 6 heteroatoms.